The molecule has 39 heavy (non-hydrogen) atoms. The summed E-state index contributed by atoms with van der Waals surface area (Å²) in [5, 5.41) is 7.05. The molecule has 2 aliphatic carbocycles. The molecule has 210 valence electrons. The van der Waals surface area contributed by atoms with Crippen LogP contribution in [0.25, 0.3) is 0 Å². The number of ether oxygens (including phenoxy) is 1. The standard InChI is InChI=1S/C30H37Cl2N3O4/c1-16-7-6-10-22(17(16)2)34-28(37)26-30-12-11-23(39-30)24(27(36)33-20-14-18(31)13-19(32)15-20)25(30)29(38)35(26)21-8-4-3-5-9-21/h11-17,21-26H,3-10H2,1-2H3,(H,33,36)(H,34,37)/t16-,17-,22+,23+,24-,25+,26+,30+/m1/s1. The molecule has 2 N–H and O–H groups in total. The number of nitrogens with one attached hydrogen (secondary N) is 2. The molecule has 3 amide bonds. The lowest BCUT2D eigenvalue weighted by Gasteiger charge is -2.40. The van der Waals surface area contributed by atoms with E-state index in [0.717, 1.165) is 51.4 Å². The van der Waals surface area contributed by atoms with Gasteiger partial charge in [-0.15, -0.1) is 0 Å². The van der Waals surface area contributed by atoms with Gasteiger partial charge in [-0.25, -0.2) is 0 Å². The molecular weight excluding hydrogens is 537 g/mol. The van der Waals surface area contributed by atoms with Crippen LogP contribution in [0.5, 0.6) is 0 Å². The molecule has 1 spiro atoms. The lowest BCUT2D eigenvalue weighted by atomic mass is 9.73. The van der Waals surface area contributed by atoms with Crippen molar-refractivity contribution >= 4 is 46.6 Å². The van der Waals surface area contributed by atoms with Crippen LogP contribution in [0, 0.1) is 23.7 Å². The average molecular weight is 575 g/mol. The summed E-state index contributed by atoms with van der Waals surface area (Å²) in [6.07, 6.45) is 11.2. The van der Waals surface area contributed by atoms with Gasteiger partial charge in [-0.05, 0) is 49.3 Å². The first-order valence-electron chi connectivity index (χ1n) is 14.5. The van der Waals surface area contributed by atoms with Crippen LogP contribution in [0.1, 0.15) is 65.2 Å². The van der Waals surface area contributed by atoms with Gasteiger partial charge in [0.05, 0.1) is 17.9 Å². The number of halogens is 2. The van der Waals surface area contributed by atoms with Crippen LogP contribution in [0.4, 0.5) is 5.69 Å². The van der Waals surface area contributed by atoms with Gasteiger partial charge in [0.25, 0.3) is 0 Å². The number of fused-ring (bicyclic) bond motifs is 1. The van der Waals surface area contributed by atoms with Crippen molar-refractivity contribution in [2.45, 2.75) is 95.0 Å². The topological polar surface area (TPSA) is 87.7 Å². The summed E-state index contributed by atoms with van der Waals surface area (Å²) in [5.41, 5.74) is -0.691. The second-order valence-electron chi connectivity index (χ2n) is 12.3. The Kier molecular flexibility index (Phi) is 7.22. The quantitative estimate of drug-likeness (QED) is 0.464. The maximum absolute atomic E-state index is 14.3. The van der Waals surface area contributed by atoms with Crippen LogP contribution in [0.2, 0.25) is 10.0 Å². The third kappa shape index (κ3) is 4.58. The lowest BCUT2D eigenvalue weighted by molar-refractivity contribution is -0.145. The van der Waals surface area contributed by atoms with E-state index in [1.165, 1.54) is 0 Å². The Hall–Kier alpha value is -2.09. The SMILES string of the molecule is C[C@@H]1[C@H](C)CCC[C@@H]1NC(=O)[C@@H]1N(C2CCCCC2)C(=O)[C@@H]2[C@H](C(=O)Nc3cc(Cl)cc(Cl)c3)[C@@H]3C=C[C@]21O3. The minimum absolute atomic E-state index is 0.0313. The van der Waals surface area contributed by atoms with Crippen molar-refractivity contribution in [2.75, 3.05) is 5.32 Å². The zero-order valence-electron chi connectivity index (χ0n) is 22.5. The predicted molar refractivity (Wildman–Crippen MR) is 150 cm³/mol. The third-order valence-electron chi connectivity index (χ3n) is 10.00. The number of hydrogen-bond donors (Lipinski definition) is 2. The second-order valence-corrected chi connectivity index (χ2v) is 13.1. The Morgan fingerprint density at radius 2 is 1.69 bits per heavy atom. The van der Waals surface area contributed by atoms with E-state index in [1.54, 1.807) is 23.1 Å². The van der Waals surface area contributed by atoms with Crippen LogP contribution in [0.15, 0.2) is 30.4 Å². The van der Waals surface area contributed by atoms with Crippen LogP contribution in [0.3, 0.4) is 0 Å². The first-order chi connectivity index (χ1) is 18.7. The Bertz CT molecular complexity index is 1180. The second kappa shape index (κ2) is 10.4. The monoisotopic (exact) mass is 573 g/mol. The third-order valence-corrected chi connectivity index (χ3v) is 10.4. The fraction of sp³-hybridized carbons (Fsp3) is 0.633. The number of carbonyl (C=O) groups excluding carboxylic acids is 3. The van der Waals surface area contributed by atoms with E-state index < -0.39 is 29.6 Å². The molecule has 5 aliphatic rings. The zero-order chi connectivity index (χ0) is 27.5. The van der Waals surface area contributed by atoms with Gasteiger partial charge in [0.2, 0.25) is 17.7 Å². The number of rotatable bonds is 5. The van der Waals surface area contributed by atoms with Gasteiger partial charge in [0.1, 0.15) is 11.6 Å². The number of carbonyl (C=O) groups is 3. The van der Waals surface area contributed by atoms with E-state index in [1.807, 2.05) is 12.2 Å². The van der Waals surface area contributed by atoms with Gasteiger partial charge < -0.3 is 20.3 Å². The van der Waals surface area contributed by atoms with Crippen molar-refractivity contribution in [3.63, 3.8) is 0 Å². The number of anilines is 1. The van der Waals surface area contributed by atoms with E-state index in [9.17, 15) is 14.4 Å². The average Bonchev–Trinajstić information content (AvgIpc) is 3.54. The minimum atomic E-state index is -1.15. The molecule has 3 heterocycles. The van der Waals surface area contributed by atoms with Gasteiger partial charge in [-0.1, -0.05) is 81.3 Å². The molecule has 9 heteroatoms. The summed E-state index contributed by atoms with van der Waals surface area (Å²) in [7, 11) is 0. The van der Waals surface area contributed by atoms with Crippen molar-refractivity contribution in [2.24, 2.45) is 23.7 Å². The highest BCUT2D eigenvalue weighted by molar-refractivity contribution is 6.35. The fourth-order valence-corrected chi connectivity index (χ4v) is 8.38. The summed E-state index contributed by atoms with van der Waals surface area (Å²) >= 11 is 12.3. The number of nitrogens with zero attached hydrogens (tertiary/aromatic N) is 1. The van der Waals surface area contributed by atoms with E-state index in [0.29, 0.717) is 27.6 Å². The molecule has 8 atom stereocenters. The first-order valence-corrected chi connectivity index (χ1v) is 15.2. The van der Waals surface area contributed by atoms with Gasteiger partial charge in [-0.2, -0.15) is 0 Å². The Balaban J connectivity index is 1.32. The summed E-state index contributed by atoms with van der Waals surface area (Å²) in [5.74, 6) is -1.27. The highest BCUT2D eigenvalue weighted by atomic mass is 35.5. The van der Waals surface area contributed by atoms with Crippen molar-refractivity contribution in [1.29, 1.82) is 0 Å². The summed E-state index contributed by atoms with van der Waals surface area (Å²) < 4.78 is 6.52. The number of likely N-dealkylation sites (tertiary alicyclic amines) is 1. The van der Waals surface area contributed by atoms with Crippen molar-refractivity contribution < 1.29 is 19.1 Å². The maximum atomic E-state index is 14.3. The molecule has 1 aromatic carbocycles. The smallest absolute Gasteiger partial charge is 0.246 e. The number of hydrogen-bond acceptors (Lipinski definition) is 4. The Morgan fingerprint density at radius 1 is 0.974 bits per heavy atom. The molecule has 0 aromatic heterocycles. The van der Waals surface area contributed by atoms with E-state index in [2.05, 4.69) is 24.5 Å². The maximum Gasteiger partial charge on any atom is 0.246 e. The molecule has 1 aromatic rings. The van der Waals surface area contributed by atoms with Crippen LogP contribution in [-0.4, -0.2) is 52.5 Å². The normalized spacial score (nSPS) is 37.7. The van der Waals surface area contributed by atoms with Gasteiger partial charge in [0.15, 0.2) is 0 Å². The first kappa shape index (κ1) is 27.1. The van der Waals surface area contributed by atoms with Gasteiger partial charge >= 0.3 is 0 Å². The van der Waals surface area contributed by atoms with Crippen molar-refractivity contribution in [1.82, 2.24) is 10.2 Å². The zero-order valence-corrected chi connectivity index (χ0v) is 24.0. The molecule has 2 saturated heterocycles. The van der Waals surface area contributed by atoms with Crippen molar-refractivity contribution in [3.8, 4) is 0 Å². The summed E-state index contributed by atoms with van der Waals surface area (Å²) in [6, 6.07) is 4.08. The van der Waals surface area contributed by atoms with E-state index >= 15 is 0 Å². The molecule has 0 unspecified atom stereocenters. The molecule has 4 fully saturated rings. The summed E-state index contributed by atoms with van der Waals surface area (Å²) in [4.78, 5) is 44.0. The van der Waals surface area contributed by atoms with Crippen LogP contribution >= 0.6 is 23.2 Å². The fourth-order valence-electron chi connectivity index (χ4n) is 7.86. The number of amides is 3. The molecular formula is C30H37Cl2N3O4. The number of benzene rings is 1. The highest BCUT2D eigenvalue weighted by Crippen LogP contribution is 2.56. The van der Waals surface area contributed by atoms with E-state index in [4.69, 9.17) is 27.9 Å². The molecule has 3 aliphatic heterocycles. The Morgan fingerprint density at radius 3 is 2.41 bits per heavy atom. The van der Waals surface area contributed by atoms with Gasteiger partial charge in [0, 0.05) is 27.8 Å². The molecule has 0 radical (unpaired) electrons. The minimum Gasteiger partial charge on any atom is -0.359 e. The predicted octanol–water partition coefficient (Wildman–Crippen LogP) is 5.36. The van der Waals surface area contributed by atoms with Crippen LogP contribution in [-0.2, 0) is 19.1 Å². The Labute approximate surface area is 240 Å². The molecule has 7 nitrogen and oxygen atoms in total. The summed E-state index contributed by atoms with van der Waals surface area (Å²) in [6.45, 7) is 4.44. The molecule has 2 bridgehead atoms. The van der Waals surface area contributed by atoms with Gasteiger partial charge in [-0.3, -0.25) is 14.4 Å². The van der Waals surface area contributed by atoms with Crippen LogP contribution < -0.4 is 10.6 Å². The van der Waals surface area contributed by atoms with E-state index in [-0.39, 0.29) is 29.8 Å². The van der Waals surface area contributed by atoms with Crippen molar-refractivity contribution in [3.05, 3.63) is 40.4 Å². The molecule has 2 saturated carbocycles. The largest absolute Gasteiger partial charge is 0.359 e. The molecule has 6 rings (SSSR count). The lowest BCUT2D eigenvalue weighted by Crippen LogP contribution is -2.59. The highest BCUT2D eigenvalue weighted by Gasteiger charge is 2.73.